The highest BCUT2D eigenvalue weighted by molar-refractivity contribution is 5.79. The van der Waals surface area contributed by atoms with Crippen LogP contribution in [0.4, 0.5) is 0 Å². The summed E-state index contributed by atoms with van der Waals surface area (Å²) in [6.45, 7) is 4.50. The highest BCUT2D eigenvalue weighted by Crippen LogP contribution is 2.25. The van der Waals surface area contributed by atoms with E-state index < -0.39 is 11.9 Å². The number of amides is 1. The Hall–Kier alpha value is -1.06. The highest BCUT2D eigenvalue weighted by Gasteiger charge is 2.27. The number of hydrogen-bond donors (Lipinski definition) is 1. The van der Waals surface area contributed by atoms with Gasteiger partial charge in [-0.15, -0.1) is 0 Å². The van der Waals surface area contributed by atoms with E-state index >= 15 is 0 Å². The molecule has 98 valence electrons. The van der Waals surface area contributed by atoms with Crippen molar-refractivity contribution < 1.29 is 14.7 Å². The molecule has 0 aromatic carbocycles. The summed E-state index contributed by atoms with van der Waals surface area (Å²) < 4.78 is 0. The minimum Gasteiger partial charge on any atom is -0.481 e. The third-order valence-corrected chi connectivity index (χ3v) is 3.56. The fourth-order valence-electron chi connectivity index (χ4n) is 2.39. The summed E-state index contributed by atoms with van der Waals surface area (Å²) in [5, 5.41) is 8.88. The molecule has 1 N–H and O–H groups in total. The predicted octanol–water partition coefficient (Wildman–Crippen LogP) is 2.14. The normalized spacial score (nSPS) is 18.7. The van der Waals surface area contributed by atoms with Crippen LogP contribution in [0.5, 0.6) is 0 Å². The minimum atomic E-state index is -0.833. The molecule has 1 aliphatic carbocycles. The van der Waals surface area contributed by atoms with Gasteiger partial charge >= 0.3 is 5.97 Å². The van der Waals surface area contributed by atoms with Crippen LogP contribution in [0.1, 0.15) is 46.0 Å². The molecule has 0 saturated heterocycles. The van der Waals surface area contributed by atoms with Gasteiger partial charge in [-0.3, -0.25) is 9.59 Å². The Kier molecular flexibility index (Phi) is 5.45. The summed E-state index contributed by atoms with van der Waals surface area (Å²) in [5.74, 6) is -1.03. The van der Waals surface area contributed by atoms with Crippen LogP contribution in [0.2, 0.25) is 0 Å². The third-order valence-electron chi connectivity index (χ3n) is 3.56. The Morgan fingerprint density at radius 3 is 2.35 bits per heavy atom. The van der Waals surface area contributed by atoms with E-state index in [0.29, 0.717) is 13.1 Å². The largest absolute Gasteiger partial charge is 0.481 e. The van der Waals surface area contributed by atoms with Gasteiger partial charge in [0, 0.05) is 19.0 Å². The average molecular weight is 241 g/mol. The lowest BCUT2D eigenvalue weighted by atomic mass is 9.88. The van der Waals surface area contributed by atoms with Crippen LogP contribution in [-0.4, -0.2) is 35.0 Å². The monoisotopic (exact) mass is 241 g/mol. The number of aliphatic carboxylic acids is 1. The van der Waals surface area contributed by atoms with Gasteiger partial charge in [0.1, 0.15) is 0 Å². The lowest BCUT2D eigenvalue weighted by molar-refractivity contribution is -0.144. The van der Waals surface area contributed by atoms with Crippen LogP contribution in [0, 0.1) is 11.8 Å². The number of carboxylic acids is 1. The summed E-state index contributed by atoms with van der Waals surface area (Å²) in [6, 6.07) is 0. The number of carbonyl (C=O) groups is 2. The molecule has 0 heterocycles. The third kappa shape index (κ3) is 4.02. The van der Waals surface area contributed by atoms with Crippen molar-refractivity contribution in [1.29, 1.82) is 0 Å². The number of carboxylic acid groups (broad SMARTS) is 1. The van der Waals surface area contributed by atoms with Crippen molar-refractivity contribution in [2.24, 2.45) is 11.8 Å². The topological polar surface area (TPSA) is 57.6 Å². The zero-order chi connectivity index (χ0) is 12.8. The second-order valence-electron chi connectivity index (χ2n) is 4.95. The summed E-state index contributed by atoms with van der Waals surface area (Å²) in [5.41, 5.74) is 0. The van der Waals surface area contributed by atoms with Gasteiger partial charge < -0.3 is 10.0 Å². The molecule has 4 heteroatoms. The smallest absolute Gasteiger partial charge is 0.308 e. The first-order chi connectivity index (χ1) is 8.06. The van der Waals surface area contributed by atoms with Crippen molar-refractivity contribution in [3.8, 4) is 0 Å². The van der Waals surface area contributed by atoms with Gasteiger partial charge in [0.15, 0.2) is 0 Å². The summed E-state index contributed by atoms with van der Waals surface area (Å²) in [4.78, 5) is 24.7. The molecule has 4 nitrogen and oxygen atoms in total. The second-order valence-corrected chi connectivity index (χ2v) is 4.95. The summed E-state index contributed by atoms with van der Waals surface area (Å²) in [6.07, 6.45) is 5.42. The van der Waals surface area contributed by atoms with Crippen molar-refractivity contribution in [3.05, 3.63) is 0 Å². The lowest BCUT2D eigenvalue weighted by Gasteiger charge is -2.29. The molecule has 1 unspecified atom stereocenters. The first-order valence-electron chi connectivity index (χ1n) is 6.57. The first kappa shape index (κ1) is 14.0. The van der Waals surface area contributed by atoms with Crippen LogP contribution in [0.15, 0.2) is 0 Å². The van der Waals surface area contributed by atoms with E-state index in [4.69, 9.17) is 5.11 Å². The molecule has 0 aliphatic heterocycles. The van der Waals surface area contributed by atoms with Crippen LogP contribution < -0.4 is 0 Å². The van der Waals surface area contributed by atoms with Gasteiger partial charge in [-0.1, -0.05) is 26.2 Å². The van der Waals surface area contributed by atoms with Gasteiger partial charge in [0.2, 0.25) is 5.91 Å². The molecule has 0 spiro atoms. The maximum atomic E-state index is 12.2. The van der Waals surface area contributed by atoms with E-state index in [2.05, 4.69) is 0 Å². The van der Waals surface area contributed by atoms with E-state index in [1.165, 1.54) is 6.42 Å². The van der Waals surface area contributed by atoms with E-state index in [1.54, 1.807) is 11.8 Å². The average Bonchev–Trinajstić information content (AvgIpc) is 2.35. The maximum absolute atomic E-state index is 12.2. The molecule has 1 saturated carbocycles. The zero-order valence-corrected chi connectivity index (χ0v) is 10.8. The Labute approximate surface area is 103 Å². The van der Waals surface area contributed by atoms with Crippen LogP contribution in [-0.2, 0) is 9.59 Å². The Balaban J connectivity index is 2.53. The van der Waals surface area contributed by atoms with Gasteiger partial charge in [0.05, 0.1) is 5.92 Å². The molecule has 0 aromatic rings. The fourth-order valence-corrected chi connectivity index (χ4v) is 2.39. The molecule has 17 heavy (non-hydrogen) atoms. The molecular weight excluding hydrogens is 218 g/mol. The molecule has 1 aliphatic rings. The van der Waals surface area contributed by atoms with Crippen molar-refractivity contribution in [2.75, 3.05) is 13.1 Å². The number of hydrogen-bond acceptors (Lipinski definition) is 2. The van der Waals surface area contributed by atoms with Crippen molar-refractivity contribution in [2.45, 2.75) is 46.0 Å². The molecule has 1 amide bonds. The van der Waals surface area contributed by atoms with Crippen LogP contribution in [0.25, 0.3) is 0 Å². The summed E-state index contributed by atoms with van der Waals surface area (Å²) >= 11 is 0. The summed E-state index contributed by atoms with van der Waals surface area (Å²) in [7, 11) is 0. The van der Waals surface area contributed by atoms with Crippen molar-refractivity contribution in [3.63, 3.8) is 0 Å². The zero-order valence-electron chi connectivity index (χ0n) is 10.8. The standard InChI is InChI=1S/C13H23NO3/c1-3-14(9-10(2)13(16)17)12(15)11-7-5-4-6-8-11/h10-11H,3-9H2,1-2H3,(H,16,17). The number of nitrogens with zero attached hydrogens (tertiary/aromatic N) is 1. The van der Waals surface area contributed by atoms with Gasteiger partial charge in [-0.25, -0.2) is 0 Å². The quantitative estimate of drug-likeness (QED) is 0.802. The molecule has 1 rings (SSSR count). The number of rotatable bonds is 5. The Bertz CT molecular complexity index is 272. The second kappa shape index (κ2) is 6.62. The van der Waals surface area contributed by atoms with E-state index in [9.17, 15) is 9.59 Å². The Morgan fingerprint density at radius 2 is 1.88 bits per heavy atom. The van der Waals surface area contributed by atoms with E-state index in [0.717, 1.165) is 25.7 Å². The highest BCUT2D eigenvalue weighted by atomic mass is 16.4. The lowest BCUT2D eigenvalue weighted by Crippen LogP contribution is -2.40. The van der Waals surface area contributed by atoms with Crippen LogP contribution in [0.3, 0.4) is 0 Å². The van der Waals surface area contributed by atoms with Gasteiger partial charge in [-0.2, -0.15) is 0 Å². The van der Waals surface area contributed by atoms with Gasteiger partial charge in [-0.05, 0) is 19.8 Å². The molecule has 0 aromatic heterocycles. The minimum absolute atomic E-state index is 0.129. The SMILES string of the molecule is CCN(CC(C)C(=O)O)C(=O)C1CCCCC1. The van der Waals surface area contributed by atoms with Crippen LogP contribution >= 0.6 is 0 Å². The fraction of sp³-hybridized carbons (Fsp3) is 0.846. The van der Waals surface area contributed by atoms with E-state index in [-0.39, 0.29) is 11.8 Å². The molecule has 0 bridgehead atoms. The Morgan fingerprint density at radius 1 is 1.29 bits per heavy atom. The number of carbonyl (C=O) groups excluding carboxylic acids is 1. The first-order valence-corrected chi connectivity index (χ1v) is 6.57. The molecule has 0 radical (unpaired) electrons. The van der Waals surface area contributed by atoms with E-state index in [1.807, 2.05) is 6.92 Å². The molecule has 1 atom stereocenters. The predicted molar refractivity (Wildman–Crippen MR) is 65.6 cm³/mol. The maximum Gasteiger partial charge on any atom is 0.308 e. The molecular formula is C13H23NO3. The molecule has 1 fully saturated rings. The van der Waals surface area contributed by atoms with Gasteiger partial charge in [0.25, 0.3) is 0 Å². The van der Waals surface area contributed by atoms with Crippen molar-refractivity contribution >= 4 is 11.9 Å². The van der Waals surface area contributed by atoms with Crippen molar-refractivity contribution in [1.82, 2.24) is 4.90 Å².